The number of aromatic nitrogens is 3. The second-order valence-corrected chi connectivity index (χ2v) is 12.8. The Hall–Kier alpha value is -4.41. The van der Waals surface area contributed by atoms with Crippen LogP contribution in [0, 0.1) is 41.7 Å². The first-order valence-corrected chi connectivity index (χ1v) is 15.7. The van der Waals surface area contributed by atoms with Gasteiger partial charge in [-0.05, 0) is 36.4 Å². The maximum Gasteiger partial charge on any atom is 0.345 e. The molecule has 50 heavy (non-hydrogen) atoms. The van der Waals surface area contributed by atoms with E-state index in [1.54, 1.807) is 0 Å². The van der Waals surface area contributed by atoms with Crippen molar-refractivity contribution in [2.24, 2.45) is 17.8 Å². The predicted molar refractivity (Wildman–Crippen MR) is 169 cm³/mol. The number of fused-ring (bicyclic) bond motifs is 3. The first-order valence-electron chi connectivity index (χ1n) is 15.7. The highest BCUT2D eigenvalue weighted by Gasteiger charge is 2.52. The summed E-state index contributed by atoms with van der Waals surface area (Å²) in [5, 5.41) is 52.0. The summed E-state index contributed by atoms with van der Waals surface area (Å²) in [6, 6.07) is 4.59. The molecule has 4 atom stereocenters. The molecule has 3 aliphatic rings. The summed E-state index contributed by atoms with van der Waals surface area (Å²) in [5.41, 5.74) is 5.45. The van der Waals surface area contributed by atoms with Crippen LogP contribution in [0.4, 0.5) is 29.1 Å². The molecule has 4 heterocycles. The first kappa shape index (κ1) is 34.1. The van der Waals surface area contributed by atoms with Gasteiger partial charge < -0.3 is 45.6 Å². The van der Waals surface area contributed by atoms with Crippen LogP contribution in [0.2, 0.25) is 0 Å². The van der Waals surface area contributed by atoms with Gasteiger partial charge >= 0.3 is 18.1 Å². The van der Waals surface area contributed by atoms with Crippen LogP contribution in [0.15, 0.2) is 30.5 Å². The van der Waals surface area contributed by atoms with Crippen LogP contribution >= 0.6 is 0 Å². The zero-order valence-corrected chi connectivity index (χ0v) is 26.2. The number of hydrogen-bond acceptors (Lipinski definition) is 13. The lowest BCUT2D eigenvalue weighted by Gasteiger charge is -2.44. The van der Waals surface area contributed by atoms with Crippen molar-refractivity contribution >= 4 is 33.2 Å². The van der Waals surface area contributed by atoms with Gasteiger partial charge in [0.05, 0.1) is 30.1 Å². The molecule has 7 rings (SSSR count). The van der Waals surface area contributed by atoms with Crippen LogP contribution in [-0.4, -0.2) is 103 Å². The van der Waals surface area contributed by atoms with E-state index in [4.69, 9.17) is 21.6 Å². The van der Waals surface area contributed by atoms with E-state index in [2.05, 4.69) is 20.9 Å². The summed E-state index contributed by atoms with van der Waals surface area (Å²) >= 11 is 0. The van der Waals surface area contributed by atoms with E-state index in [1.807, 2.05) is 4.90 Å². The number of halogens is 4. The maximum absolute atomic E-state index is 16.9. The Morgan fingerprint density at radius 2 is 1.88 bits per heavy atom. The highest BCUT2D eigenvalue weighted by Crippen LogP contribution is 2.44. The molecular formula is C33H32F4N6O7. The molecule has 1 aliphatic carbocycles. The zero-order chi connectivity index (χ0) is 35.7. The summed E-state index contributed by atoms with van der Waals surface area (Å²) in [6.45, 7) is -0.237. The minimum atomic E-state index is -3.49. The number of ether oxygens (including phenoxy) is 2. The number of aliphatic hydroxyl groups is 5. The third-order valence-electron chi connectivity index (χ3n) is 9.64. The van der Waals surface area contributed by atoms with Gasteiger partial charge in [-0.3, -0.25) is 4.98 Å². The van der Waals surface area contributed by atoms with Gasteiger partial charge in [0.25, 0.3) is 0 Å². The number of piperidine rings is 1. The molecule has 4 unspecified atom stereocenters. The number of likely N-dealkylation sites (tertiary alicyclic amines) is 1. The van der Waals surface area contributed by atoms with Crippen LogP contribution in [0.3, 0.4) is 0 Å². The number of terminal acetylenes is 1. The van der Waals surface area contributed by atoms with Gasteiger partial charge in [-0.15, -0.1) is 6.42 Å². The number of nitrogens with two attached hydrogens (primary N) is 1. The van der Waals surface area contributed by atoms with E-state index in [0.717, 1.165) is 6.07 Å². The summed E-state index contributed by atoms with van der Waals surface area (Å²) in [7, 11) is 0. The van der Waals surface area contributed by atoms with Crippen LogP contribution < -0.4 is 15.4 Å². The largest absolute Gasteiger partial charge is 0.405 e. The zero-order valence-electron chi connectivity index (χ0n) is 26.2. The number of hydrogen-bond donors (Lipinski definition) is 6. The summed E-state index contributed by atoms with van der Waals surface area (Å²) in [4.78, 5) is 15.2. The molecule has 2 aliphatic heterocycles. The Labute approximate surface area is 281 Å². The number of rotatable bonds is 7. The molecule has 2 aromatic heterocycles. The molecular weight excluding hydrogens is 668 g/mol. The lowest BCUT2D eigenvalue weighted by atomic mass is 9.83. The number of alkyl halides is 2. The molecule has 0 amide bonds. The average Bonchev–Trinajstić information content (AvgIpc) is 3.85. The molecule has 0 bridgehead atoms. The van der Waals surface area contributed by atoms with Gasteiger partial charge in [0.2, 0.25) is 6.43 Å². The first-order chi connectivity index (χ1) is 23.7. The molecule has 264 valence electrons. The van der Waals surface area contributed by atoms with Crippen molar-refractivity contribution in [1.29, 1.82) is 0 Å². The Bertz CT molecular complexity index is 2020. The van der Waals surface area contributed by atoms with Crippen LogP contribution in [0.1, 0.15) is 18.4 Å². The minimum Gasteiger partial charge on any atom is -0.405 e. The second kappa shape index (κ2) is 12.4. The Morgan fingerprint density at radius 1 is 1.10 bits per heavy atom. The van der Waals surface area contributed by atoms with Gasteiger partial charge in [-0.2, -0.15) is 9.97 Å². The van der Waals surface area contributed by atoms with Crippen molar-refractivity contribution < 1.29 is 52.6 Å². The number of pyridine rings is 1. The molecule has 1 saturated carbocycles. The van der Waals surface area contributed by atoms with Crippen molar-refractivity contribution in [3.8, 4) is 29.6 Å². The minimum absolute atomic E-state index is 0.0427. The second-order valence-electron chi connectivity index (χ2n) is 12.8. The van der Waals surface area contributed by atoms with E-state index < -0.39 is 73.0 Å². The predicted octanol–water partition coefficient (Wildman–Crippen LogP) is 1.72. The van der Waals surface area contributed by atoms with E-state index in [-0.39, 0.29) is 57.7 Å². The van der Waals surface area contributed by atoms with Crippen LogP contribution in [0.25, 0.3) is 32.9 Å². The molecule has 17 heteroatoms. The molecule has 3 fully saturated rings. The molecule has 7 N–H and O–H groups in total. The molecule has 2 saturated heterocycles. The molecule has 2 aromatic carbocycles. The average molecular weight is 701 g/mol. The van der Waals surface area contributed by atoms with Crippen molar-refractivity contribution in [3.63, 3.8) is 0 Å². The monoisotopic (exact) mass is 700 g/mol. The number of anilines is 2. The van der Waals surface area contributed by atoms with Gasteiger partial charge in [0.1, 0.15) is 22.8 Å². The van der Waals surface area contributed by atoms with Crippen LogP contribution in [-0.2, 0) is 4.74 Å². The fourth-order valence-electron chi connectivity index (χ4n) is 7.04. The fraction of sp³-hybridized carbons (Fsp3) is 0.424. The van der Waals surface area contributed by atoms with Crippen molar-refractivity contribution in [2.75, 3.05) is 43.5 Å². The van der Waals surface area contributed by atoms with Gasteiger partial charge in [0, 0.05) is 60.3 Å². The lowest BCUT2D eigenvalue weighted by Crippen LogP contribution is -2.61. The van der Waals surface area contributed by atoms with Crippen molar-refractivity contribution in [2.45, 2.75) is 37.4 Å². The molecule has 0 radical (unpaired) electrons. The van der Waals surface area contributed by atoms with Gasteiger partial charge in [0.15, 0.2) is 5.82 Å². The standard InChI is InChI=1S/C33H32F4N6O7/c1-2-18-23(34)4-3-15-9-17(38)11-20(25(15)18)27-26(35)28-21(12-39-27)30(43-7-8-49-14-16-10-24(16)43)41-31(40-28)50-32(44,45)22-13-42(33(46,47)48)6-5-19(22)29(36)37/h1,3-4,9,11-12,16,19,22,24,29,44-48H,5-8,10,13-14,38H2. The highest BCUT2D eigenvalue weighted by molar-refractivity contribution is 6.03. The van der Waals surface area contributed by atoms with Crippen LogP contribution in [0.5, 0.6) is 6.01 Å². The summed E-state index contributed by atoms with van der Waals surface area (Å²) in [5.74, 6) is -6.47. The fourth-order valence-corrected chi connectivity index (χ4v) is 7.04. The third-order valence-corrected chi connectivity index (χ3v) is 9.64. The highest BCUT2D eigenvalue weighted by atomic mass is 19.3. The van der Waals surface area contributed by atoms with E-state index in [9.17, 15) is 38.7 Å². The SMILES string of the molecule is C#Cc1c(F)ccc2cc(N)cc(-c3ncc4c(N5CCOCC6CC65)nc(OC(O)(O)C5CN(C(O)(O)O)CCC5C(F)F)nc4c3F)c12. The third kappa shape index (κ3) is 6.02. The van der Waals surface area contributed by atoms with E-state index in [1.165, 1.54) is 24.4 Å². The van der Waals surface area contributed by atoms with E-state index in [0.29, 0.717) is 29.9 Å². The molecule has 0 spiro atoms. The van der Waals surface area contributed by atoms with Gasteiger partial charge in [-0.1, -0.05) is 12.0 Å². The van der Waals surface area contributed by atoms with Crippen molar-refractivity contribution in [3.05, 3.63) is 47.7 Å². The molecule has 4 aromatic rings. The molecule has 13 nitrogen and oxygen atoms in total. The Morgan fingerprint density at radius 3 is 2.60 bits per heavy atom. The summed E-state index contributed by atoms with van der Waals surface area (Å²) in [6.07, 6.45) is 0.593. The number of nitrogen functional groups attached to an aromatic ring is 1. The summed E-state index contributed by atoms with van der Waals surface area (Å²) < 4.78 is 71.0. The normalized spacial score (nSPS) is 23.2. The maximum atomic E-state index is 16.9. The van der Waals surface area contributed by atoms with Gasteiger partial charge in [-0.25, -0.2) is 22.5 Å². The lowest BCUT2D eigenvalue weighted by molar-refractivity contribution is -0.413. The topological polar surface area (TPSA) is 191 Å². The number of nitrogens with zero attached hydrogens (tertiary/aromatic N) is 5. The number of benzene rings is 2. The smallest absolute Gasteiger partial charge is 0.345 e. The quantitative estimate of drug-likeness (QED) is 0.0708. The Balaban J connectivity index is 1.39. The van der Waals surface area contributed by atoms with E-state index >= 15 is 4.39 Å². The van der Waals surface area contributed by atoms with Crippen molar-refractivity contribution in [1.82, 2.24) is 19.9 Å². The Kier molecular flexibility index (Phi) is 8.46.